The van der Waals surface area contributed by atoms with Gasteiger partial charge < -0.3 is 20.1 Å². The topological polar surface area (TPSA) is 125 Å². The molecular weight excluding hydrogens is 268 g/mol. The number of H-pyrrole nitrogens is 1. The van der Waals surface area contributed by atoms with Gasteiger partial charge >= 0.3 is 5.69 Å². The van der Waals surface area contributed by atoms with Gasteiger partial charge in [0.1, 0.15) is 17.8 Å². The Balaban J connectivity index is 2.42. The second-order valence-electron chi connectivity index (χ2n) is 4.68. The minimum atomic E-state index is -1.43. The number of rotatable bonds is 4. The van der Waals surface area contributed by atoms with Crippen LogP contribution in [-0.2, 0) is 4.74 Å². The van der Waals surface area contributed by atoms with Crippen LogP contribution in [0.1, 0.15) is 12.6 Å². The van der Waals surface area contributed by atoms with Crippen molar-refractivity contribution in [2.45, 2.75) is 30.5 Å². The summed E-state index contributed by atoms with van der Waals surface area (Å²) >= 11 is 0. The van der Waals surface area contributed by atoms with Gasteiger partial charge in [-0.05, 0) is 6.42 Å². The lowest BCUT2D eigenvalue weighted by Gasteiger charge is -2.28. The molecule has 0 saturated carbocycles. The van der Waals surface area contributed by atoms with Gasteiger partial charge in [0, 0.05) is 12.3 Å². The first-order chi connectivity index (χ1) is 9.45. The molecule has 8 nitrogen and oxygen atoms in total. The molecule has 8 heteroatoms. The predicted octanol–water partition coefficient (Wildman–Crippen LogP) is -1.91. The van der Waals surface area contributed by atoms with Crippen LogP contribution in [0.4, 0.5) is 0 Å². The molecule has 1 unspecified atom stereocenters. The molecule has 1 aliphatic heterocycles. The van der Waals surface area contributed by atoms with E-state index in [0.717, 1.165) is 16.8 Å². The SMILES string of the molecule is C=CC[C@]1(CO)O[C@@H](n2ccc(=O)[nH]c2=O)[C@@H](O)C1O. The molecule has 2 heterocycles. The fraction of sp³-hybridized carbons (Fsp3) is 0.500. The van der Waals surface area contributed by atoms with Gasteiger partial charge in [0.2, 0.25) is 0 Å². The molecule has 0 aliphatic carbocycles. The van der Waals surface area contributed by atoms with Crippen molar-refractivity contribution in [1.29, 1.82) is 0 Å². The summed E-state index contributed by atoms with van der Waals surface area (Å²) in [5.74, 6) is 0. The van der Waals surface area contributed by atoms with Crippen LogP contribution in [-0.4, -0.2) is 49.3 Å². The highest BCUT2D eigenvalue weighted by Crippen LogP contribution is 2.38. The number of ether oxygens (including phenoxy) is 1. The summed E-state index contributed by atoms with van der Waals surface area (Å²) < 4.78 is 6.44. The second-order valence-corrected chi connectivity index (χ2v) is 4.68. The standard InChI is InChI=1S/C12H16N2O6/c1-2-4-12(6-15)9(18)8(17)10(20-12)14-5-3-7(16)13-11(14)19/h2-3,5,8-10,15,17-18H,1,4,6H2,(H,13,16,19)/t8-,9?,10+,12+/m0/s1. The van der Waals surface area contributed by atoms with Crippen molar-refractivity contribution in [3.05, 3.63) is 45.8 Å². The molecule has 20 heavy (non-hydrogen) atoms. The van der Waals surface area contributed by atoms with Gasteiger partial charge in [-0.1, -0.05) is 6.08 Å². The lowest BCUT2D eigenvalue weighted by atomic mass is 9.92. The number of aliphatic hydroxyl groups is 3. The van der Waals surface area contributed by atoms with E-state index in [1.807, 2.05) is 4.98 Å². The third-order valence-electron chi connectivity index (χ3n) is 3.39. The van der Waals surface area contributed by atoms with Crippen molar-refractivity contribution in [2.75, 3.05) is 6.61 Å². The van der Waals surface area contributed by atoms with Gasteiger partial charge in [-0.2, -0.15) is 0 Å². The summed E-state index contributed by atoms with van der Waals surface area (Å²) in [7, 11) is 0. The summed E-state index contributed by atoms with van der Waals surface area (Å²) in [4.78, 5) is 24.7. The summed E-state index contributed by atoms with van der Waals surface area (Å²) in [6.45, 7) is 2.95. The van der Waals surface area contributed by atoms with Gasteiger partial charge in [0.05, 0.1) is 6.61 Å². The first-order valence-electron chi connectivity index (χ1n) is 6.02. The van der Waals surface area contributed by atoms with Crippen LogP contribution in [0.15, 0.2) is 34.5 Å². The maximum atomic E-state index is 11.7. The smallest absolute Gasteiger partial charge is 0.330 e. The van der Waals surface area contributed by atoms with Crippen LogP contribution in [0, 0.1) is 0 Å². The highest BCUT2D eigenvalue weighted by molar-refractivity contribution is 5.04. The highest BCUT2D eigenvalue weighted by atomic mass is 16.6. The molecule has 1 fully saturated rings. The zero-order chi connectivity index (χ0) is 14.9. The van der Waals surface area contributed by atoms with Crippen molar-refractivity contribution in [3.8, 4) is 0 Å². The average molecular weight is 284 g/mol. The van der Waals surface area contributed by atoms with Crippen LogP contribution in [0.2, 0.25) is 0 Å². The monoisotopic (exact) mass is 284 g/mol. The van der Waals surface area contributed by atoms with Crippen molar-refractivity contribution in [2.24, 2.45) is 0 Å². The Bertz CT molecular complexity index is 608. The van der Waals surface area contributed by atoms with E-state index < -0.39 is 41.9 Å². The Morgan fingerprint density at radius 1 is 1.50 bits per heavy atom. The van der Waals surface area contributed by atoms with Crippen LogP contribution < -0.4 is 11.2 Å². The van der Waals surface area contributed by atoms with E-state index >= 15 is 0 Å². The minimum absolute atomic E-state index is 0.0936. The maximum Gasteiger partial charge on any atom is 0.330 e. The number of hydrogen-bond acceptors (Lipinski definition) is 6. The Kier molecular flexibility index (Phi) is 3.91. The molecule has 0 radical (unpaired) electrons. The molecule has 0 bridgehead atoms. The van der Waals surface area contributed by atoms with Gasteiger partial charge in [0.15, 0.2) is 6.23 Å². The minimum Gasteiger partial charge on any atom is -0.393 e. The van der Waals surface area contributed by atoms with Gasteiger partial charge in [-0.25, -0.2) is 4.79 Å². The molecule has 0 amide bonds. The molecule has 4 atom stereocenters. The third-order valence-corrected chi connectivity index (χ3v) is 3.39. The fourth-order valence-corrected chi connectivity index (χ4v) is 2.30. The molecule has 110 valence electrons. The van der Waals surface area contributed by atoms with Crippen LogP contribution in [0.5, 0.6) is 0 Å². The summed E-state index contributed by atoms with van der Waals surface area (Å²) in [6.07, 6.45) is -1.34. The third kappa shape index (κ3) is 2.22. The first kappa shape index (κ1) is 14.7. The van der Waals surface area contributed by atoms with Gasteiger partial charge in [0.25, 0.3) is 5.56 Å². The molecule has 1 aromatic rings. The Morgan fingerprint density at radius 3 is 2.75 bits per heavy atom. The molecule has 0 aromatic carbocycles. The van der Waals surface area contributed by atoms with E-state index in [0.29, 0.717) is 0 Å². The number of hydrogen-bond donors (Lipinski definition) is 4. The van der Waals surface area contributed by atoms with Crippen molar-refractivity contribution in [1.82, 2.24) is 9.55 Å². The van der Waals surface area contributed by atoms with Crippen LogP contribution in [0.3, 0.4) is 0 Å². The largest absolute Gasteiger partial charge is 0.393 e. The van der Waals surface area contributed by atoms with E-state index in [1.54, 1.807) is 0 Å². The first-order valence-corrected chi connectivity index (χ1v) is 6.02. The molecule has 1 saturated heterocycles. The number of aliphatic hydroxyl groups excluding tert-OH is 3. The van der Waals surface area contributed by atoms with E-state index in [9.17, 15) is 24.9 Å². The Morgan fingerprint density at radius 2 is 2.20 bits per heavy atom. The normalized spacial score (nSPS) is 33.2. The van der Waals surface area contributed by atoms with Crippen LogP contribution >= 0.6 is 0 Å². The van der Waals surface area contributed by atoms with Gasteiger partial charge in [-0.3, -0.25) is 14.3 Å². The predicted molar refractivity (Wildman–Crippen MR) is 68.1 cm³/mol. The van der Waals surface area contributed by atoms with E-state index in [-0.39, 0.29) is 6.42 Å². The van der Waals surface area contributed by atoms with Crippen molar-refractivity contribution in [3.63, 3.8) is 0 Å². The van der Waals surface area contributed by atoms with Gasteiger partial charge in [-0.15, -0.1) is 6.58 Å². The maximum absolute atomic E-state index is 11.7. The summed E-state index contributed by atoms with van der Waals surface area (Å²) in [5.41, 5.74) is -2.79. The lowest BCUT2D eigenvalue weighted by Crippen LogP contribution is -2.45. The number of aromatic nitrogens is 2. The Labute approximate surface area is 113 Å². The number of nitrogens with zero attached hydrogens (tertiary/aromatic N) is 1. The molecule has 1 aromatic heterocycles. The summed E-state index contributed by atoms with van der Waals surface area (Å²) in [5, 5.41) is 29.5. The zero-order valence-electron chi connectivity index (χ0n) is 10.6. The molecule has 1 aliphatic rings. The van der Waals surface area contributed by atoms with Crippen molar-refractivity contribution >= 4 is 0 Å². The second kappa shape index (κ2) is 5.33. The number of nitrogens with one attached hydrogen (secondary N) is 1. The quantitative estimate of drug-likeness (QED) is 0.478. The molecule has 2 rings (SSSR count). The number of aromatic amines is 1. The lowest BCUT2D eigenvalue weighted by molar-refractivity contribution is -0.127. The zero-order valence-corrected chi connectivity index (χ0v) is 10.6. The molecule has 4 N–H and O–H groups in total. The summed E-state index contributed by atoms with van der Waals surface area (Å²) in [6, 6.07) is 1.09. The van der Waals surface area contributed by atoms with E-state index in [1.165, 1.54) is 6.08 Å². The fourth-order valence-electron chi connectivity index (χ4n) is 2.30. The molecule has 0 spiro atoms. The average Bonchev–Trinajstić information content (AvgIpc) is 2.65. The van der Waals surface area contributed by atoms with E-state index in [4.69, 9.17) is 4.74 Å². The Hall–Kier alpha value is -1.74. The molecular formula is C12H16N2O6. The highest BCUT2D eigenvalue weighted by Gasteiger charge is 2.54. The van der Waals surface area contributed by atoms with E-state index in [2.05, 4.69) is 6.58 Å². The van der Waals surface area contributed by atoms with Crippen LogP contribution in [0.25, 0.3) is 0 Å². The van der Waals surface area contributed by atoms with Crippen molar-refractivity contribution < 1.29 is 20.1 Å².